The highest BCUT2D eigenvalue weighted by molar-refractivity contribution is 14.0. The Kier molecular flexibility index (Phi) is 8.52. The van der Waals surface area contributed by atoms with Crippen LogP contribution in [-0.4, -0.2) is 36.2 Å². The molecule has 0 aliphatic heterocycles. The molecule has 0 atom stereocenters. The molecule has 8 heteroatoms. The van der Waals surface area contributed by atoms with Gasteiger partial charge >= 0.3 is 0 Å². The molecule has 1 aromatic carbocycles. The third-order valence-electron chi connectivity index (χ3n) is 3.04. The number of aromatic nitrogens is 2. The van der Waals surface area contributed by atoms with Crippen molar-refractivity contribution in [1.29, 1.82) is 0 Å². The fraction of sp³-hybridized carbons (Fsp3) is 0.400. The minimum atomic E-state index is -0.217. The lowest BCUT2D eigenvalue weighted by molar-refractivity contribution is 0.374. The van der Waals surface area contributed by atoms with Gasteiger partial charge in [-0.15, -0.1) is 24.0 Å². The smallest absolute Gasteiger partial charge is 0.228 e. The standard InChI is InChI=1S/C15H20FN5O.HI/c1-11-20-14(22-21-11)8-10-19-15(17-2)18-9-7-12-3-5-13(16)6-4-12;/h3-6H,7-10H2,1-2H3,(H2,17,18,19);1H. The van der Waals surface area contributed by atoms with Crippen LogP contribution in [0.3, 0.4) is 0 Å². The van der Waals surface area contributed by atoms with E-state index in [1.54, 1.807) is 26.1 Å². The molecule has 1 heterocycles. The van der Waals surface area contributed by atoms with Gasteiger partial charge in [0.2, 0.25) is 5.89 Å². The van der Waals surface area contributed by atoms with Gasteiger partial charge in [0, 0.05) is 26.6 Å². The Bertz CT molecular complexity index is 615. The summed E-state index contributed by atoms with van der Waals surface area (Å²) in [5.41, 5.74) is 1.07. The van der Waals surface area contributed by atoms with Crippen molar-refractivity contribution in [2.75, 3.05) is 20.1 Å². The van der Waals surface area contributed by atoms with E-state index in [0.717, 1.165) is 12.0 Å². The molecule has 0 aliphatic carbocycles. The van der Waals surface area contributed by atoms with Crippen LogP contribution in [0.25, 0.3) is 0 Å². The molecule has 0 unspecified atom stereocenters. The molecule has 2 aromatic rings. The van der Waals surface area contributed by atoms with Gasteiger partial charge < -0.3 is 15.2 Å². The van der Waals surface area contributed by atoms with Crippen molar-refractivity contribution in [3.05, 3.63) is 47.4 Å². The molecule has 0 aliphatic rings. The quantitative estimate of drug-likeness (QED) is 0.415. The first-order chi connectivity index (χ1) is 10.7. The minimum Gasteiger partial charge on any atom is -0.356 e. The molecule has 0 spiro atoms. The maximum Gasteiger partial charge on any atom is 0.228 e. The van der Waals surface area contributed by atoms with Gasteiger partial charge in [-0.05, 0) is 31.0 Å². The molecular formula is C15H21FIN5O. The highest BCUT2D eigenvalue weighted by Gasteiger charge is 2.03. The van der Waals surface area contributed by atoms with Crippen LogP contribution in [0.1, 0.15) is 17.3 Å². The zero-order valence-electron chi connectivity index (χ0n) is 13.2. The second kappa shape index (κ2) is 10.1. The average Bonchev–Trinajstić information content (AvgIpc) is 2.93. The number of rotatable bonds is 6. The number of guanidine groups is 1. The van der Waals surface area contributed by atoms with Crippen molar-refractivity contribution >= 4 is 29.9 Å². The molecule has 0 amide bonds. The molecule has 126 valence electrons. The first-order valence-electron chi connectivity index (χ1n) is 7.15. The molecule has 0 fully saturated rings. The number of nitrogens with one attached hydrogen (secondary N) is 2. The van der Waals surface area contributed by atoms with Crippen LogP contribution in [0.4, 0.5) is 4.39 Å². The molecule has 2 N–H and O–H groups in total. The summed E-state index contributed by atoms with van der Waals surface area (Å²) in [7, 11) is 1.71. The summed E-state index contributed by atoms with van der Waals surface area (Å²) < 4.78 is 17.8. The van der Waals surface area contributed by atoms with Gasteiger partial charge in [-0.25, -0.2) is 4.39 Å². The average molecular weight is 433 g/mol. The zero-order valence-corrected chi connectivity index (χ0v) is 15.5. The molecule has 0 bridgehead atoms. The van der Waals surface area contributed by atoms with Crippen molar-refractivity contribution in [2.24, 2.45) is 4.99 Å². The molecule has 0 saturated heterocycles. The fourth-order valence-corrected chi connectivity index (χ4v) is 1.93. The number of aliphatic imine (C=N–C) groups is 1. The summed E-state index contributed by atoms with van der Waals surface area (Å²) in [6.07, 6.45) is 1.43. The van der Waals surface area contributed by atoms with E-state index in [4.69, 9.17) is 4.52 Å². The SMILES string of the molecule is CN=C(NCCc1ccc(F)cc1)NCCc1nc(C)no1.I. The molecular weight excluding hydrogens is 412 g/mol. The van der Waals surface area contributed by atoms with Gasteiger partial charge in [-0.1, -0.05) is 17.3 Å². The normalized spacial score (nSPS) is 11.0. The third kappa shape index (κ3) is 6.93. The molecule has 0 radical (unpaired) electrons. The van der Waals surface area contributed by atoms with Gasteiger partial charge in [0.05, 0.1) is 0 Å². The topological polar surface area (TPSA) is 75.3 Å². The Morgan fingerprint density at radius 2 is 1.83 bits per heavy atom. The van der Waals surface area contributed by atoms with E-state index in [2.05, 4.69) is 25.8 Å². The van der Waals surface area contributed by atoms with Crippen molar-refractivity contribution in [1.82, 2.24) is 20.8 Å². The van der Waals surface area contributed by atoms with Gasteiger partial charge in [-0.3, -0.25) is 4.99 Å². The molecule has 1 aromatic heterocycles. The first-order valence-corrected chi connectivity index (χ1v) is 7.15. The van der Waals surface area contributed by atoms with E-state index >= 15 is 0 Å². The summed E-state index contributed by atoms with van der Waals surface area (Å²) in [6.45, 7) is 3.15. The number of halogens is 2. The van der Waals surface area contributed by atoms with E-state index in [0.29, 0.717) is 37.2 Å². The van der Waals surface area contributed by atoms with E-state index in [-0.39, 0.29) is 29.8 Å². The Morgan fingerprint density at radius 3 is 2.39 bits per heavy atom. The molecule has 23 heavy (non-hydrogen) atoms. The lowest BCUT2D eigenvalue weighted by Gasteiger charge is -2.11. The number of hydrogen-bond donors (Lipinski definition) is 2. The number of hydrogen-bond acceptors (Lipinski definition) is 4. The zero-order chi connectivity index (χ0) is 15.8. The first kappa shape index (κ1) is 19.3. The highest BCUT2D eigenvalue weighted by atomic mass is 127. The Labute approximate surface area is 152 Å². The Balaban J connectivity index is 0.00000264. The number of benzene rings is 1. The predicted molar refractivity (Wildman–Crippen MR) is 97.6 cm³/mol. The van der Waals surface area contributed by atoms with Gasteiger partial charge in [0.15, 0.2) is 11.8 Å². The summed E-state index contributed by atoms with van der Waals surface area (Å²) in [4.78, 5) is 8.27. The van der Waals surface area contributed by atoms with E-state index in [1.165, 1.54) is 12.1 Å². The highest BCUT2D eigenvalue weighted by Crippen LogP contribution is 2.02. The van der Waals surface area contributed by atoms with Crippen LogP contribution in [0, 0.1) is 12.7 Å². The molecule has 2 rings (SSSR count). The summed E-state index contributed by atoms with van der Waals surface area (Å²) in [6, 6.07) is 6.50. The van der Waals surface area contributed by atoms with Crippen LogP contribution in [-0.2, 0) is 12.8 Å². The number of aryl methyl sites for hydroxylation is 1. The predicted octanol–water partition coefficient (Wildman–Crippen LogP) is 2.09. The number of nitrogens with zero attached hydrogens (tertiary/aromatic N) is 3. The van der Waals surface area contributed by atoms with E-state index in [1.807, 2.05) is 0 Å². The summed E-state index contributed by atoms with van der Waals surface area (Å²) >= 11 is 0. The lowest BCUT2D eigenvalue weighted by atomic mass is 10.1. The van der Waals surface area contributed by atoms with E-state index < -0.39 is 0 Å². The largest absolute Gasteiger partial charge is 0.356 e. The van der Waals surface area contributed by atoms with Crippen LogP contribution in [0.5, 0.6) is 0 Å². The van der Waals surface area contributed by atoms with Crippen LogP contribution in [0.15, 0.2) is 33.8 Å². The van der Waals surface area contributed by atoms with Crippen molar-refractivity contribution in [2.45, 2.75) is 19.8 Å². The Hall–Kier alpha value is -1.71. The van der Waals surface area contributed by atoms with Crippen molar-refractivity contribution in [3.63, 3.8) is 0 Å². The molecule has 0 saturated carbocycles. The summed E-state index contributed by atoms with van der Waals surface area (Å²) in [5.74, 6) is 1.73. The van der Waals surface area contributed by atoms with Crippen LogP contribution in [0.2, 0.25) is 0 Å². The van der Waals surface area contributed by atoms with Crippen LogP contribution < -0.4 is 10.6 Å². The van der Waals surface area contributed by atoms with Gasteiger partial charge in [-0.2, -0.15) is 4.98 Å². The maximum absolute atomic E-state index is 12.8. The lowest BCUT2D eigenvalue weighted by Crippen LogP contribution is -2.39. The maximum atomic E-state index is 12.8. The van der Waals surface area contributed by atoms with Gasteiger partial charge in [0.1, 0.15) is 5.82 Å². The second-order valence-corrected chi connectivity index (χ2v) is 4.79. The second-order valence-electron chi connectivity index (χ2n) is 4.79. The van der Waals surface area contributed by atoms with Crippen molar-refractivity contribution < 1.29 is 8.91 Å². The third-order valence-corrected chi connectivity index (χ3v) is 3.04. The van der Waals surface area contributed by atoms with Crippen molar-refractivity contribution in [3.8, 4) is 0 Å². The minimum absolute atomic E-state index is 0. The summed E-state index contributed by atoms with van der Waals surface area (Å²) in [5, 5.41) is 10.1. The monoisotopic (exact) mass is 433 g/mol. The van der Waals surface area contributed by atoms with Crippen LogP contribution >= 0.6 is 24.0 Å². The molecule has 6 nitrogen and oxygen atoms in total. The van der Waals surface area contributed by atoms with E-state index in [9.17, 15) is 4.39 Å². The van der Waals surface area contributed by atoms with Gasteiger partial charge in [0.25, 0.3) is 0 Å². The fourth-order valence-electron chi connectivity index (χ4n) is 1.93. The Morgan fingerprint density at radius 1 is 1.17 bits per heavy atom.